The zero-order chi connectivity index (χ0) is 17.3. The normalized spacial score (nSPS) is 12.9. The molecule has 0 fully saturated rings. The molecule has 0 heterocycles. The first-order valence-electron chi connectivity index (χ1n) is 7.34. The van der Waals surface area contributed by atoms with Crippen molar-refractivity contribution in [2.24, 2.45) is 4.99 Å². The summed E-state index contributed by atoms with van der Waals surface area (Å²) in [6.07, 6.45) is 1.71. The largest absolute Gasteiger partial charge is 0.489 e. The molecule has 0 aliphatic rings. The molecule has 9 heteroatoms. The van der Waals surface area contributed by atoms with Gasteiger partial charge in [0.2, 0.25) is 0 Å². The standard InChI is InChI=1S/C15H24ClN3O3S.HI/c1-12(22-14-7-5-13(16)6-8-14)11-19-15(17-2)18-9-4-10-23(3,20)21;/h5-8,12H,4,9-11H2,1-3H3,(H2,17,18,19);1H. The Morgan fingerprint density at radius 1 is 1.29 bits per heavy atom. The van der Waals surface area contributed by atoms with Gasteiger partial charge in [-0.05, 0) is 37.6 Å². The lowest BCUT2D eigenvalue weighted by Crippen LogP contribution is -2.42. The van der Waals surface area contributed by atoms with Crippen molar-refractivity contribution in [1.82, 2.24) is 10.6 Å². The molecule has 0 spiro atoms. The van der Waals surface area contributed by atoms with Crippen LogP contribution in [0.5, 0.6) is 5.75 Å². The molecule has 1 unspecified atom stereocenters. The van der Waals surface area contributed by atoms with Crippen LogP contribution in [0.1, 0.15) is 13.3 Å². The number of rotatable bonds is 8. The maximum atomic E-state index is 11.1. The second-order valence-electron chi connectivity index (χ2n) is 5.25. The van der Waals surface area contributed by atoms with Gasteiger partial charge < -0.3 is 15.4 Å². The molecule has 1 rings (SSSR count). The zero-order valence-electron chi connectivity index (χ0n) is 14.1. The zero-order valence-corrected chi connectivity index (χ0v) is 18.0. The van der Waals surface area contributed by atoms with Gasteiger partial charge in [-0.2, -0.15) is 0 Å². The van der Waals surface area contributed by atoms with Gasteiger partial charge in [-0.3, -0.25) is 4.99 Å². The number of guanidine groups is 1. The lowest BCUT2D eigenvalue weighted by Gasteiger charge is -2.17. The Morgan fingerprint density at radius 3 is 2.46 bits per heavy atom. The lowest BCUT2D eigenvalue weighted by molar-refractivity contribution is 0.224. The summed E-state index contributed by atoms with van der Waals surface area (Å²) >= 11 is 5.83. The topological polar surface area (TPSA) is 79.8 Å². The Labute approximate surface area is 166 Å². The SMILES string of the molecule is CN=C(NCCCS(C)(=O)=O)NCC(C)Oc1ccc(Cl)cc1.I. The Morgan fingerprint density at radius 2 is 1.92 bits per heavy atom. The molecule has 0 saturated carbocycles. The number of hydrogen-bond acceptors (Lipinski definition) is 4. The summed E-state index contributed by atoms with van der Waals surface area (Å²) in [4.78, 5) is 4.08. The van der Waals surface area contributed by atoms with Crippen molar-refractivity contribution in [3.8, 4) is 5.75 Å². The van der Waals surface area contributed by atoms with Crippen molar-refractivity contribution in [3.05, 3.63) is 29.3 Å². The molecule has 24 heavy (non-hydrogen) atoms. The number of ether oxygens (including phenoxy) is 1. The van der Waals surface area contributed by atoms with Crippen LogP contribution in [0.15, 0.2) is 29.3 Å². The van der Waals surface area contributed by atoms with E-state index >= 15 is 0 Å². The molecule has 0 aliphatic heterocycles. The van der Waals surface area contributed by atoms with E-state index in [1.54, 1.807) is 19.2 Å². The fraction of sp³-hybridized carbons (Fsp3) is 0.533. The number of benzene rings is 1. The summed E-state index contributed by atoms with van der Waals surface area (Å²) < 4.78 is 27.9. The average molecular weight is 490 g/mol. The van der Waals surface area contributed by atoms with Crippen LogP contribution in [-0.4, -0.2) is 52.6 Å². The van der Waals surface area contributed by atoms with Gasteiger partial charge in [0.15, 0.2) is 5.96 Å². The Kier molecular flexibility index (Phi) is 11.4. The summed E-state index contributed by atoms with van der Waals surface area (Å²) in [6.45, 7) is 3.05. The van der Waals surface area contributed by atoms with E-state index in [0.29, 0.717) is 30.5 Å². The van der Waals surface area contributed by atoms with E-state index in [1.165, 1.54) is 6.26 Å². The van der Waals surface area contributed by atoms with Crippen LogP contribution in [0.25, 0.3) is 0 Å². The minimum absolute atomic E-state index is 0. The van der Waals surface area contributed by atoms with E-state index < -0.39 is 9.84 Å². The third-order valence-electron chi connectivity index (χ3n) is 2.92. The number of nitrogens with one attached hydrogen (secondary N) is 2. The number of hydrogen-bond donors (Lipinski definition) is 2. The van der Waals surface area contributed by atoms with E-state index in [0.717, 1.165) is 5.75 Å². The van der Waals surface area contributed by atoms with Gasteiger partial charge >= 0.3 is 0 Å². The molecule has 0 aromatic heterocycles. The lowest BCUT2D eigenvalue weighted by atomic mass is 10.3. The molecule has 1 atom stereocenters. The Balaban J connectivity index is 0.00000529. The van der Waals surface area contributed by atoms with E-state index in [1.807, 2.05) is 19.1 Å². The first-order valence-corrected chi connectivity index (χ1v) is 9.78. The Bertz CT molecular complexity index is 609. The van der Waals surface area contributed by atoms with Crippen LogP contribution in [0, 0.1) is 0 Å². The van der Waals surface area contributed by atoms with Crippen LogP contribution in [-0.2, 0) is 9.84 Å². The van der Waals surface area contributed by atoms with Crippen LogP contribution < -0.4 is 15.4 Å². The second kappa shape index (κ2) is 11.8. The second-order valence-corrected chi connectivity index (χ2v) is 7.94. The highest BCUT2D eigenvalue weighted by Gasteiger charge is 2.06. The first-order chi connectivity index (χ1) is 10.8. The maximum Gasteiger partial charge on any atom is 0.191 e. The fourth-order valence-electron chi connectivity index (χ4n) is 1.79. The van der Waals surface area contributed by atoms with Gasteiger partial charge in [-0.15, -0.1) is 24.0 Å². The highest BCUT2D eigenvalue weighted by atomic mass is 127. The third kappa shape index (κ3) is 10.9. The minimum atomic E-state index is -2.92. The quantitative estimate of drug-likeness (QED) is 0.254. The number of halogens is 2. The van der Waals surface area contributed by atoms with E-state index in [4.69, 9.17) is 16.3 Å². The number of sulfone groups is 1. The summed E-state index contributed by atoms with van der Waals surface area (Å²) in [5, 5.41) is 6.88. The average Bonchev–Trinajstić information content (AvgIpc) is 2.48. The molecular formula is C15H25ClIN3O3S. The molecule has 0 amide bonds. The van der Waals surface area contributed by atoms with Gasteiger partial charge in [0.05, 0.1) is 12.3 Å². The smallest absolute Gasteiger partial charge is 0.191 e. The van der Waals surface area contributed by atoms with Crippen LogP contribution in [0.4, 0.5) is 0 Å². The fourth-order valence-corrected chi connectivity index (χ4v) is 2.58. The maximum absolute atomic E-state index is 11.1. The Hall–Kier alpha value is -0.740. The van der Waals surface area contributed by atoms with Crippen molar-refractivity contribution in [2.75, 3.05) is 32.1 Å². The summed E-state index contributed by atoms with van der Waals surface area (Å²) in [5.41, 5.74) is 0. The van der Waals surface area contributed by atoms with Crippen LogP contribution >= 0.6 is 35.6 Å². The van der Waals surface area contributed by atoms with Crippen molar-refractivity contribution in [3.63, 3.8) is 0 Å². The molecule has 2 N–H and O–H groups in total. The van der Waals surface area contributed by atoms with E-state index in [9.17, 15) is 8.42 Å². The van der Waals surface area contributed by atoms with Crippen molar-refractivity contribution in [1.29, 1.82) is 0 Å². The van der Waals surface area contributed by atoms with Crippen LogP contribution in [0.3, 0.4) is 0 Å². The molecule has 138 valence electrons. The van der Waals surface area contributed by atoms with E-state index in [2.05, 4.69) is 15.6 Å². The summed E-state index contributed by atoms with van der Waals surface area (Å²) in [7, 11) is -1.26. The summed E-state index contributed by atoms with van der Waals surface area (Å²) in [6, 6.07) is 7.19. The molecule has 0 radical (unpaired) electrons. The highest BCUT2D eigenvalue weighted by Crippen LogP contribution is 2.16. The summed E-state index contributed by atoms with van der Waals surface area (Å²) in [5.74, 6) is 1.53. The predicted molar refractivity (Wildman–Crippen MR) is 111 cm³/mol. The highest BCUT2D eigenvalue weighted by molar-refractivity contribution is 14.0. The monoisotopic (exact) mass is 489 g/mol. The van der Waals surface area contributed by atoms with Gasteiger partial charge in [0.1, 0.15) is 21.7 Å². The molecule has 1 aromatic carbocycles. The van der Waals surface area contributed by atoms with Gasteiger partial charge in [0.25, 0.3) is 0 Å². The van der Waals surface area contributed by atoms with Crippen molar-refractivity contribution in [2.45, 2.75) is 19.4 Å². The predicted octanol–water partition coefficient (Wildman–Crippen LogP) is 2.33. The van der Waals surface area contributed by atoms with Crippen LogP contribution in [0.2, 0.25) is 5.02 Å². The molecule has 6 nitrogen and oxygen atoms in total. The van der Waals surface area contributed by atoms with E-state index in [-0.39, 0.29) is 35.8 Å². The molecule has 1 aromatic rings. The number of aliphatic imine (C=N–C) groups is 1. The molecule has 0 bridgehead atoms. The molecular weight excluding hydrogens is 465 g/mol. The first kappa shape index (κ1) is 23.3. The van der Waals surface area contributed by atoms with Gasteiger partial charge in [-0.25, -0.2) is 8.42 Å². The minimum Gasteiger partial charge on any atom is -0.489 e. The van der Waals surface area contributed by atoms with Crippen molar-refractivity contribution >= 4 is 51.4 Å². The molecule has 0 aliphatic carbocycles. The van der Waals surface area contributed by atoms with Crippen molar-refractivity contribution < 1.29 is 13.2 Å². The van der Waals surface area contributed by atoms with Gasteiger partial charge in [-0.1, -0.05) is 11.6 Å². The molecule has 0 saturated heterocycles. The third-order valence-corrected chi connectivity index (χ3v) is 4.20. The number of nitrogens with zero attached hydrogens (tertiary/aromatic N) is 1. The van der Waals surface area contributed by atoms with Gasteiger partial charge in [0, 0.05) is 24.9 Å².